The summed E-state index contributed by atoms with van der Waals surface area (Å²) >= 11 is 0. The monoisotopic (exact) mass is 328 g/mol. The van der Waals surface area contributed by atoms with E-state index in [-0.39, 0.29) is 10.9 Å². The average Bonchev–Trinajstić information content (AvgIpc) is 2.45. The average molecular weight is 328 g/mol. The summed E-state index contributed by atoms with van der Waals surface area (Å²) in [5.41, 5.74) is -4.97. The Balaban J connectivity index is 2.81. The van der Waals surface area contributed by atoms with Crippen molar-refractivity contribution in [2.75, 3.05) is 0 Å². The van der Waals surface area contributed by atoms with Crippen molar-refractivity contribution in [1.82, 2.24) is 0 Å². The van der Waals surface area contributed by atoms with Crippen molar-refractivity contribution in [3.05, 3.63) is 54.6 Å². The van der Waals surface area contributed by atoms with Crippen molar-refractivity contribution in [2.45, 2.75) is 5.51 Å². The molecule has 7 heteroatoms. The van der Waals surface area contributed by atoms with E-state index in [1.807, 2.05) is 0 Å². The van der Waals surface area contributed by atoms with Crippen LogP contribution in [0.25, 0.3) is 22.9 Å². The van der Waals surface area contributed by atoms with Crippen LogP contribution in [-0.4, -0.2) is 13.9 Å². The standard InChI is InChI=1S/C15H11F3O3S/c1-3-10-9-11-7-5-6-8-13(11)14(12(10)4-2)21-22(19,20)15(16,17)18/h3-9H,1-2H2. The molecule has 0 radical (unpaired) electrons. The Morgan fingerprint density at radius 1 is 1.09 bits per heavy atom. The van der Waals surface area contributed by atoms with Gasteiger partial charge in [0.25, 0.3) is 0 Å². The van der Waals surface area contributed by atoms with E-state index in [2.05, 4.69) is 17.3 Å². The third-order valence-electron chi connectivity index (χ3n) is 2.97. The Morgan fingerprint density at radius 3 is 2.27 bits per heavy atom. The molecule has 0 spiro atoms. The summed E-state index contributed by atoms with van der Waals surface area (Å²) in [6.45, 7) is 7.05. The van der Waals surface area contributed by atoms with Gasteiger partial charge in [0, 0.05) is 10.9 Å². The molecule has 0 saturated heterocycles. The lowest BCUT2D eigenvalue weighted by atomic mass is 9.99. The molecule has 116 valence electrons. The molecular weight excluding hydrogens is 317 g/mol. The number of hydrogen-bond acceptors (Lipinski definition) is 3. The summed E-state index contributed by atoms with van der Waals surface area (Å²) in [4.78, 5) is 0. The maximum absolute atomic E-state index is 12.6. The topological polar surface area (TPSA) is 43.4 Å². The zero-order chi connectivity index (χ0) is 16.5. The number of benzene rings is 2. The van der Waals surface area contributed by atoms with E-state index in [1.54, 1.807) is 24.3 Å². The SMILES string of the molecule is C=Cc1cc2ccccc2c(OS(=O)(=O)C(F)(F)F)c1C=C. The Kier molecular flexibility index (Phi) is 4.02. The number of halogens is 3. The van der Waals surface area contributed by atoms with Gasteiger partial charge < -0.3 is 4.18 Å². The van der Waals surface area contributed by atoms with Crippen LogP contribution in [-0.2, 0) is 10.1 Å². The minimum Gasteiger partial charge on any atom is -0.375 e. The first-order chi connectivity index (χ1) is 10.2. The fourth-order valence-corrected chi connectivity index (χ4v) is 2.47. The second-order valence-corrected chi connectivity index (χ2v) is 5.86. The summed E-state index contributed by atoms with van der Waals surface area (Å²) in [7, 11) is -5.78. The van der Waals surface area contributed by atoms with Crippen LogP contribution in [0.3, 0.4) is 0 Å². The van der Waals surface area contributed by atoms with Gasteiger partial charge in [-0.05, 0) is 17.0 Å². The third-order valence-corrected chi connectivity index (χ3v) is 3.93. The zero-order valence-corrected chi connectivity index (χ0v) is 12.0. The first kappa shape index (κ1) is 16.1. The summed E-state index contributed by atoms with van der Waals surface area (Å²) in [5, 5.41) is 0.756. The van der Waals surface area contributed by atoms with Crippen LogP contribution in [0.5, 0.6) is 5.75 Å². The molecule has 0 aromatic heterocycles. The van der Waals surface area contributed by atoms with Gasteiger partial charge in [-0.3, -0.25) is 0 Å². The third kappa shape index (κ3) is 2.71. The Hall–Kier alpha value is -2.28. The molecule has 0 fully saturated rings. The maximum Gasteiger partial charge on any atom is 0.534 e. The first-order valence-electron chi connectivity index (χ1n) is 6.02. The van der Waals surface area contributed by atoms with Crippen LogP contribution in [0.2, 0.25) is 0 Å². The van der Waals surface area contributed by atoms with Crippen LogP contribution in [0.15, 0.2) is 43.5 Å². The summed E-state index contributed by atoms with van der Waals surface area (Å²) in [6, 6.07) is 7.99. The number of hydrogen-bond donors (Lipinski definition) is 0. The minimum absolute atomic E-state index is 0.126. The molecule has 2 rings (SSSR count). The molecule has 0 bridgehead atoms. The van der Waals surface area contributed by atoms with Gasteiger partial charge in [-0.1, -0.05) is 49.6 Å². The summed E-state index contributed by atoms with van der Waals surface area (Å²) in [5.74, 6) is -0.416. The van der Waals surface area contributed by atoms with Crippen LogP contribution in [0, 0.1) is 0 Å². The highest BCUT2D eigenvalue weighted by molar-refractivity contribution is 7.88. The lowest BCUT2D eigenvalue weighted by Gasteiger charge is -2.15. The molecule has 3 nitrogen and oxygen atoms in total. The molecule has 2 aromatic rings. The second-order valence-electron chi connectivity index (χ2n) is 4.32. The van der Waals surface area contributed by atoms with Gasteiger partial charge in [0.2, 0.25) is 0 Å². The van der Waals surface area contributed by atoms with Gasteiger partial charge in [0.15, 0.2) is 5.75 Å². The Labute approximate surface area is 125 Å². The highest BCUT2D eigenvalue weighted by Crippen LogP contribution is 2.37. The van der Waals surface area contributed by atoms with Gasteiger partial charge >= 0.3 is 15.6 Å². The van der Waals surface area contributed by atoms with E-state index in [9.17, 15) is 21.6 Å². The van der Waals surface area contributed by atoms with E-state index < -0.39 is 21.4 Å². The van der Waals surface area contributed by atoms with Gasteiger partial charge in [0.1, 0.15) is 0 Å². The fourth-order valence-electron chi connectivity index (χ4n) is 1.98. The van der Waals surface area contributed by atoms with E-state index in [4.69, 9.17) is 0 Å². The minimum atomic E-state index is -5.78. The van der Waals surface area contributed by atoms with Crippen LogP contribution < -0.4 is 4.18 Å². The Bertz CT molecular complexity index is 852. The van der Waals surface area contributed by atoms with Crippen molar-refractivity contribution < 1.29 is 25.8 Å². The first-order valence-corrected chi connectivity index (χ1v) is 7.43. The summed E-state index contributed by atoms with van der Waals surface area (Å²) in [6.07, 6.45) is 2.61. The van der Waals surface area contributed by atoms with Gasteiger partial charge in [0.05, 0.1) is 0 Å². The molecule has 0 aliphatic carbocycles. The molecular formula is C15H11F3O3S. The van der Waals surface area contributed by atoms with Crippen molar-refractivity contribution >= 4 is 33.0 Å². The highest BCUT2D eigenvalue weighted by Gasteiger charge is 2.49. The van der Waals surface area contributed by atoms with Crippen molar-refractivity contribution in [3.8, 4) is 5.75 Å². The van der Waals surface area contributed by atoms with Crippen molar-refractivity contribution in [2.24, 2.45) is 0 Å². The molecule has 0 saturated carbocycles. The molecule has 0 amide bonds. The predicted octanol–water partition coefficient (Wildman–Crippen LogP) is 4.35. The quantitative estimate of drug-likeness (QED) is 0.619. The number of alkyl halides is 3. The van der Waals surface area contributed by atoms with Gasteiger partial charge in [-0.25, -0.2) is 0 Å². The Morgan fingerprint density at radius 2 is 1.73 bits per heavy atom. The van der Waals surface area contributed by atoms with E-state index in [0.29, 0.717) is 10.9 Å². The van der Waals surface area contributed by atoms with Crippen molar-refractivity contribution in [3.63, 3.8) is 0 Å². The molecule has 0 heterocycles. The smallest absolute Gasteiger partial charge is 0.375 e. The largest absolute Gasteiger partial charge is 0.534 e. The van der Waals surface area contributed by atoms with Gasteiger partial charge in [-0.15, -0.1) is 0 Å². The molecule has 2 aromatic carbocycles. The number of fused-ring (bicyclic) bond motifs is 1. The maximum atomic E-state index is 12.6. The van der Waals surface area contributed by atoms with Crippen LogP contribution in [0.4, 0.5) is 13.2 Å². The van der Waals surface area contributed by atoms with Gasteiger partial charge in [-0.2, -0.15) is 21.6 Å². The second kappa shape index (κ2) is 5.49. The molecule has 0 atom stereocenters. The van der Waals surface area contributed by atoms with E-state index in [0.717, 1.165) is 0 Å². The normalized spacial score (nSPS) is 12.1. The van der Waals surface area contributed by atoms with E-state index in [1.165, 1.54) is 18.2 Å². The van der Waals surface area contributed by atoms with Crippen LogP contribution >= 0.6 is 0 Å². The lowest BCUT2D eigenvalue weighted by molar-refractivity contribution is -0.0499. The fraction of sp³-hybridized carbons (Fsp3) is 0.0667. The summed E-state index contributed by atoms with van der Waals surface area (Å²) < 4.78 is 64.8. The molecule has 0 aliphatic rings. The lowest BCUT2D eigenvalue weighted by Crippen LogP contribution is -2.28. The molecule has 22 heavy (non-hydrogen) atoms. The zero-order valence-electron chi connectivity index (χ0n) is 11.2. The van der Waals surface area contributed by atoms with E-state index >= 15 is 0 Å². The molecule has 0 unspecified atom stereocenters. The highest BCUT2D eigenvalue weighted by atomic mass is 32.2. The molecule has 0 N–H and O–H groups in total. The van der Waals surface area contributed by atoms with Crippen LogP contribution in [0.1, 0.15) is 11.1 Å². The number of rotatable bonds is 4. The van der Waals surface area contributed by atoms with Crippen molar-refractivity contribution in [1.29, 1.82) is 0 Å². The molecule has 0 aliphatic heterocycles. The predicted molar refractivity (Wildman–Crippen MR) is 79.7 cm³/mol.